The van der Waals surface area contributed by atoms with E-state index in [-0.39, 0.29) is 29.1 Å². The van der Waals surface area contributed by atoms with Crippen LogP contribution in [-0.4, -0.2) is 39.8 Å². The highest BCUT2D eigenvalue weighted by Crippen LogP contribution is 2.14. The van der Waals surface area contributed by atoms with Crippen molar-refractivity contribution in [1.29, 1.82) is 0 Å². The Labute approximate surface area is 130 Å². The molecule has 0 amide bonds. The SMILES string of the molecule is CS(=O)(=O)CCn1cnc2c(cnn2-c2ccc(F)cc2)c1=O. The van der Waals surface area contributed by atoms with Gasteiger partial charge in [-0.2, -0.15) is 5.10 Å². The zero-order chi connectivity index (χ0) is 16.6. The molecule has 2 aromatic heterocycles. The molecule has 3 aromatic rings. The van der Waals surface area contributed by atoms with Gasteiger partial charge in [-0.1, -0.05) is 0 Å². The molecule has 0 aliphatic heterocycles. The molecule has 0 saturated heterocycles. The van der Waals surface area contributed by atoms with Gasteiger partial charge >= 0.3 is 0 Å². The van der Waals surface area contributed by atoms with Gasteiger partial charge < -0.3 is 0 Å². The van der Waals surface area contributed by atoms with Crippen molar-refractivity contribution < 1.29 is 12.8 Å². The van der Waals surface area contributed by atoms with Crippen molar-refractivity contribution in [3.05, 3.63) is 53.0 Å². The first kappa shape index (κ1) is 15.3. The number of hydrogen-bond acceptors (Lipinski definition) is 5. The molecule has 0 atom stereocenters. The molecule has 0 aliphatic carbocycles. The second kappa shape index (κ2) is 5.58. The Bertz CT molecular complexity index is 1020. The van der Waals surface area contributed by atoms with E-state index in [9.17, 15) is 17.6 Å². The second-order valence-electron chi connectivity index (χ2n) is 5.14. The summed E-state index contributed by atoms with van der Waals surface area (Å²) < 4.78 is 38.1. The monoisotopic (exact) mass is 336 g/mol. The Kier molecular flexibility index (Phi) is 3.72. The molecular weight excluding hydrogens is 323 g/mol. The molecule has 1 aromatic carbocycles. The van der Waals surface area contributed by atoms with E-state index in [1.54, 1.807) is 0 Å². The summed E-state index contributed by atoms with van der Waals surface area (Å²) in [7, 11) is -3.18. The first-order chi connectivity index (χ1) is 10.8. The molecule has 0 N–H and O–H groups in total. The predicted molar refractivity (Wildman–Crippen MR) is 82.8 cm³/mol. The van der Waals surface area contributed by atoms with Gasteiger partial charge in [0.1, 0.15) is 27.4 Å². The minimum atomic E-state index is -3.18. The lowest BCUT2D eigenvalue weighted by Crippen LogP contribution is -2.24. The van der Waals surface area contributed by atoms with Crippen LogP contribution < -0.4 is 5.56 Å². The van der Waals surface area contributed by atoms with Crippen LogP contribution in [0.4, 0.5) is 4.39 Å². The topological polar surface area (TPSA) is 86.8 Å². The highest BCUT2D eigenvalue weighted by atomic mass is 32.2. The van der Waals surface area contributed by atoms with Crippen molar-refractivity contribution >= 4 is 20.9 Å². The van der Waals surface area contributed by atoms with Crippen molar-refractivity contribution in [3.8, 4) is 5.69 Å². The van der Waals surface area contributed by atoms with Crippen molar-refractivity contribution in [1.82, 2.24) is 19.3 Å². The van der Waals surface area contributed by atoms with E-state index in [2.05, 4.69) is 10.1 Å². The fourth-order valence-corrected chi connectivity index (χ4v) is 2.67. The lowest BCUT2D eigenvalue weighted by atomic mass is 10.3. The van der Waals surface area contributed by atoms with Crippen LogP contribution >= 0.6 is 0 Å². The van der Waals surface area contributed by atoms with Crippen LogP contribution in [0.5, 0.6) is 0 Å². The molecule has 0 aliphatic rings. The summed E-state index contributed by atoms with van der Waals surface area (Å²) in [6.45, 7) is 0.0301. The molecule has 9 heteroatoms. The smallest absolute Gasteiger partial charge is 0.264 e. The zero-order valence-corrected chi connectivity index (χ0v) is 13.0. The third-order valence-electron chi connectivity index (χ3n) is 3.33. The first-order valence-corrected chi connectivity index (χ1v) is 8.78. The lowest BCUT2D eigenvalue weighted by molar-refractivity contribution is 0.592. The molecule has 0 bridgehead atoms. The van der Waals surface area contributed by atoms with Gasteiger partial charge in [-0.05, 0) is 24.3 Å². The quantitative estimate of drug-likeness (QED) is 0.702. The number of nitrogens with zero attached hydrogens (tertiary/aromatic N) is 4. The summed E-state index contributed by atoms with van der Waals surface area (Å²) in [5.74, 6) is -0.520. The van der Waals surface area contributed by atoms with Crippen molar-refractivity contribution in [2.24, 2.45) is 0 Å². The van der Waals surface area contributed by atoms with Gasteiger partial charge in [0.2, 0.25) is 0 Å². The van der Waals surface area contributed by atoms with Crippen LogP contribution in [0.15, 0.2) is 41.6 Å². The number of halogens is 1. The number of hydrogen-bond donors (Lipinski definition) is 0. The van der Waals surface area contributed by atoms with E-state index in [1.807, 2.05) is 0 Å². The Balaban J connectivity index is 2.04. The van der Waals surface area contributed by atoms with Crippen molar-refractivity contribution in [3.63, 3.8) is 0 Å². The van der Waals surface area contributed by atoms with E-state index in [1.165, 1.54) is 46.0 Å². The number of sulfone groups is 1. The van der Waals surface area contributed by atoms with Gasteiger partial charge in [0.25, 0.3) is 5.56 Å². The average Bonchev–Trinajstić information content (AvgIpc) is 2.91. The van der Waals surface area contributed by atoms with Crippen LogP contribution in [0.2, 0.25) is 0 Å². The standard InChI is InChI=1S/C14H13FN4O3S/c1-23(21,22)7-6-18-9-16-13-12(14(18)20)8-17-19(13)11-4-2-10(15)3-5-11/h2-5,8-9H,6-7H2,1H3. The molecule has 0 radical (unpaired) electrons. The van der Waals surface area contributed by atoms with Crippen molar-refractivity contribution in [2.45, 2.75) is 6.54 Å². The maximum Gasteiger partial charge on any atom is 0.264 e. The third kappa shape index (κ3) is 3.14. The summed E-state index contributed by atoms with van der Waals surface area (Å²) in [6, 6.07) is 5.63. The molecular formula is C14H13FN4O3S. The van der Waals surface area contributed by atoms with E-state index < -0.39 is 9.84 Å². The summed E-state index contributed by atoms with van der Waals surface area (Å²) in [4.78, 5) is 16.5. The van der Waals surface area contributed by atoms with Gasteiger partial charge in [0.05, 0.1) is 17.6 Å². The van der Waals surface area contributed by atoms with Crippen LogP contribution in [-0.2, 0) is 16.4 Å². The van der Waals surface area contributed by atoms with Crippen LogP contribution in [0, 0.1) is 5.82 Å². The molecule has 120 valence electrons. The molecule has 3 rings (SSSR count). The Morgan fingerprint density at radius 3 is 2.57 bits per heavy atom. The molecule has 7 nitrogen and oxygen atoms in total. The summed E-state index contributed by atoms with van der Waals surface area (Å²) in [6.07, 6.45) is 3.76. The van der Waals surface area contributed by atoms with E-state index >= 15 is 0 Å². The van der Waals surface area contributed by atoms with Crippen LogP contribution in [0.3, 0.4) is 0 Å². The molecule has 23 heavy (non-hydrogen) atoms. The highest BCUT2D eigenvalue weighted by molar-refractivity contribution is 7.90. The predicted octanol–water partition coefficient (Wildman–Crippen LogP) is 0.766. The molecule has 0 saturated carbocycles. The van der Waals surface area contributed by atoms with E-state index in [4.69, 9.17) is 0 Å². The zero-order valence-electron chi connectivity index (χ0n) is 12.2. The summed E-state index contributed by atoms with van der Waals surface area (Å²) in [5.41, 5.74) is 0.534. The van der Waals surface area contributed by atoms with E-state index in [0.29, 0.717) is 11.3 Å². The maximum absolute atomic E-state index is 13.0. The molecule has 0 unspecified atom stereocenters. The summed E-state index contributed by atoms with van der Waals surface area (Å²) >= 11 is 0. The van der Waals surface area contributed by atoms with Gasteiger partial charge in [0, 0.05) is 12.8 Å². The molecule has 0 spiro atoms. The Hall–Kier alpha value is -2.55. The molecule has 2 heterocycles. The van der Waals surface area contributed by atoms with Gasteiger partial charge in [-0.15, -0.1) is 0 Å². The maximum atomic E-state index is 13.0. The van der Waals surface area contributed by atoms with Crippen LogP contribution in [0.25, 0.3) is 16.7 Å². The number of aryl methyl sites for hydroxylation is 1. The average molecular weight is 336 g/mol. The van der Waals surface area contributed by atoms with Gasteiger partial charge in [-0.25, -0.2) is 22.5 Å². The minimum Gasteiger partial charge on any atom is -0.298 e. The number of rotatable bonds is 4. The lowest BCUT2D eigenvalue weighted by Gasteiger charge is -2.05. The Morgan fingerprint density at radius 1 is 1.22 bits per heavy atom. The number of fused-ring (bicyclic) bond motifs is 1. The fourth-order valence-electron chi connectivity index (χ4n) is 2.14. The normalized spacial score (nSPS) is 11.9. The minimum absolute atomic E-state index is 0.0301. The third-order valence-corrected chi connectivity index (χ3v) is 4.25. The number of benzene rings is 1. The van der Waals surface area contributed by atoms with Gasteiger partial charge in [0.15, 0.2) is 5.65 Å². The molecule has 0 fully saturated rings. The van der Waals surface area contributed by atoms with Crippen molar-refractivity contribution in [2.75, 3.05) is 12.0 Å². The summed E-state index contributed by atoms with van der Waals surface area (Å²) in [5, 5.41) is 4.38. The highest BCUT2D eigenvalue weighted by Gasteiger charge is 2.12. The van der Waals surface area contributed by atoms with E-state index in [0.717, 1.165) is 6.26 Å². The Morgan fingerprint density at radius 2 is 1.91 bits per heavy atom. The van der Waals surface area contributed by atoms with Crippen LogP contribution in [0.1, 0.15) is 0 Å². The number of aromatic nitrogens is 4. The fraction of sp³-hybridized carbons (Fsp3) is 0.214. The first-order valence-electron chi connectivity index (χ1n) is 6.72. The largest absolute Gasteiger partial charge is 0.298 e. The van der Waals surface area contributed by atoms with Gasteiger partial charge in [-0.3, -0.25) is 9.36 Å². The second-order valence-corrected chi connectivity index (χ2v) is 7.40.